The van der Waals surface area contributed by atoms with Gasteiger partial charge in [-0.2, -0.15) is 0 Å². The number of aryl methyl sites for hydroxylation is 4. The van der Waals surface area contributed by atoms with E-state index in [0.29, 0.717) is 5.92 Å². The summed E-state index contributed by atoms with van der Waals surface area (Å²) in [6, 6.07) is 23.2. The van der Waals surface area contributed by atoms with E-state index in [-0.39, 0.29) is 5.82 Å². The van der Waals surface area contributed by atoms with E-state index in [0.717, 1.165) is 41.3 Å². The minimum absolute atomic E-state index is 0.0565. The van der Waals surface area contributed by atoms with E-state index in [1.54, 1.807) is 6.07 Å². The molecular formula is C34H42ClF. The third-order valence-electron chi connectivity index (χ3n) is 8.17. The summed E-state index contributed by atoms with van der Waals surface area (Å²) < 4.78 is 14.7. The Morgan fingerprint density at radius 2 is 1.36 bits per heavy atom. The molecule has 1 saturated carbocycles. The average Bonchev–Trinajstić information content (AvgIpc) is 2.91. The van der Waals surface area contributed by atoms with E-state index in [4.69, 9.17) is 11.6 Å². The maximum absolute atomic E-state index is 14.7. The zero-order valence-corrected chi connectivity index (χ0v) is 22.7. The quantitative estimate of drug-likeness (QED) is 0.215. The highest BCUT2D eigenvalue weighted by atomic mass is 35.5. The summed E-state index contributed by atoms with van der Waals surface area (Å²) in [7, 11) is 0. The summed E-state index contributed by atoms with van der Waals surface area (Å²) in [6.07, 6.45) is 15.4. The van der Waals surface area contributed by atoms with Crippen LogP contribution >= 0.6 is 11.6 Å². The number of halogens is 2. The van der Waals surface area contributed by atoms with Gasteiger partial charge in [-0.05, 0) is 122 Å². The molecule has 36 heavy (non-hydrogen) atoms. The molecule has 4 rings (SSSR count). The third kappa shape index (κ3) is 8.20. The van der Waals surface area contributed by atoms with E-state index in [1.165, 1.54) is 80.9 Å². The summed E-state index contributed by atoms with van der Waals surface area (Å²) >= 11 is 5.96. The second kappa shape index (κ2) is 14.0. The van der Waals surface area contributed by atoms with Crippen molar-refractivity contribution in [2.45, 2.75) is 96.3 Å². The molecule has 3 aromatic carbocycles. The van der Waals surface area contributed by atoms with Crippen LogP contribution in [-0.2, 0) is 25.7 Å². The van der Waals surface area contributed by atoms with Gasteiger partial charge in [-0.1, -0.05) is 86.3 Å². The zero-order chi connectivity index (χ0) is 25.2. The third-order valence-corrected chi connectivity index (χ3v) is 8.42. The van der Waals surface area contributed by atoms with Crippen molar-refractivity contribution in [1.29, 1.82) is 0 Å². The zero-order valence-electron chi connectivity index (χ0n) is 22.0. The van der Waals surface area contributed by atoms with Crippen LogP contribution in [0.15, 0.2) is 66.7 Å². The minimum Gasteiger partial charge on any atom is -0.207 e. The molecule has 0 N–H and O–H groups in total. The van der Waals surface area contributed by atoms with Crippen LogP contribution in [0, 0.1) is 11.7 Å². The molecule has 3 aromatic rings. The van der Waals surface area contributed by atoms with Crippen LogP contribution in [-0.4, -0.2) is 0 Å². The Bertz CT molecular complexity index is 1050. The van der Waals surface area contributed by atoms with Gasteiger partial charge in [0.25, 0.3) is 0 Å². The molecule has 2 heteroatoms. The van der Waals surface area contributed by atoms with Crippen molar-refractivity contribution in [1.82, 2.24) is 0 Å². The van der Waals surface area contributed by atoms with Crippen LogP contribution in [0.3, 0.4) is 0 Å². The Labute approximate surface area is 223 Å². The normalized spacial score (nSPS) is 17.9. The van der Waals surface area contributed by atoms with Crippen LogP contribution in [0.2, 0.25) is 5.02 Å². The van der Waals surface area contributed by atoms with Gasteiger partial charge >= 0.3 is 0 Å². The molecule has 1 aliphatic carbocycles. The molecule has 0 heterocycles. The van der Waals surface area contributed by atoms with Gasteiger partial charge in [-0.3, -0.25) is 0 Å². The fourth-order valence-corrected chi connectivity index (χ4v) is 5.87. The molecular weight excluding hydrogens is 463 g/mol. The lowest BCUT2D eigenvalue weighted by atomic mass is 9.76. The lowest BCUT2D eigenvalue weighted by Crippen LogP contribution is -2.14. The first kappa shape index (κ1) is 26.9. The Morgan fingerprint density at radius 1 is 0.694 bits per heavy atom. The van der Waals surface area contributed by atoms with Crippen LogP contribution in [0.4, 0.5) is 4.39 Å². The molecule has 0 radical (unpaired) electrons. The first-order valence-corrected chi connectivity index (χ1v) is 14.6. The number of unbranched alkanes of at least 4 members (excludes halogenated alkanes) is 3. The Morgan fingerprint density at radius 3 is 2.06 bits per heavy atom. The summed E-state index contributed by atoms with van der Waals surface area (Å²) in [5.74, 6) is 1.43. The first-order valence-electron chi connectivity index (χ1n) is 14.2. The molecule has 0 saturated heterocycles. The van der Waals surface area contributed by atoms with Crippen LogP contribution < -0.4 is 0 Å². The number of rotatable bonds is 12. The maximum atomic E-state index is 14.7. The summed E-state index contributed by atoms with van der Waals surface area (Å²) in [4.78, 5) is 0. The number of hydrogen-bond donors (Lipinski definition) is 0. The molecule has 0 unspecified atom stereocenters. The fraction of sp³-hybridized carbons (Fsp3) is 0.471. The van der Waals surface area contributed by atoms with E-state index in [9.17, 15) is 4.39 Å². The number of hydrogen-bond acceptors (Lipinski definition) is 0. The van der Waals surface area contributed by atoms with Crippen molar-refractivity contribution in [2.75, 3.05) is 0 Å². The van der Waals surface area contributed by atoms with Crippen molar-refractivity contribution in [3.63, 3.8) is 0 Å². The van der Waals surface area contributed by atoms with Gasteiger partial charge in [0.15, 0.2) is 0 Å². The number of benzene rings is 3. The van der Waals surface area contributed by atoms with Crippen molar-refractivity contribution in [3.05, 3.63) is 105 Å². The predicted molar refractivity (Wildman–Crippen MR) is 153 cm³/mol. The van der Waals surface area contributed by atoms with Crippen molar-refractivity contribution < 1.29 is 4.39 Å². The van der Waals surface area contributed by atoms with Crippen LogP contribution in [0.25, 0.3) is 0 Å². The summed E-state index contributed by atoms with van der Waals surface area (Å²) in [5.41, 5.74) is 6.16. The van der Waals surface area contributed by atoms with E-state index in [1.807, 2.05) is 30.3 Å². The largest absolute Gasteiger partial charge is 0.207 e. The second-order valence-corrected chi connectivity index (χ2v) is 11.3. The van der Waals surface area contributed by atoms with Gasteiger partial charge in [0, 0.05) is 5.02 Å². The maximum Gasteiger partial charge on any atom is 0.126 e. The van der Waals surface area contributed by atoms with Crippen molar-refractivity contribution >= 4 is 11.6 Å². The summed E-state index contributed by atoms with van der Waals surface area (Å²) in [6.45, 7) is 2.27. The van der Waals surface area contributed by atoms with Gasteiger partial charge in [-0.25, -0.2) is 4.39 Å². The van der Waals surface area contributed by atoms with Gasteiger partial charge < -0.3 is 0 Å². The lowest BCUT2D eigenvalue weighted by molar-refractivity contribution is 0.310. The molecule has 0 amide bonds. The van der Waals surface area contributed by atoms with Crippen molar-refractivity contribution in [3.8, 4) is 0 Å². The second-order valence-electron chi connectivity index (χ2n) is 10.9. The molecule has 192 valence electrons. The molecule has 0 bridgehead atoms. The fourth-order valence-electron chi connectivity index (χ4n) is 5.75. The summed E-state index contributed by atoms with van der Waals surface area (Å²) in [5, 5.41) is 0.741. The molecule has 1 fully saturated rings. The monoisotopic (exact) mass is 504 g/mol. The highest BCUT2D eigenvalue weighted by molar-refractivity contribution is 6.30. The molecule has 0 aliphatic heterocycles. The topological polar surface area (TPSA) is 0 Å². The molecule has 1 aliphatic rings. The molecule has 0 nitrogen and oxygen atoms in total. The van der Waals surface area contributed by atoms with Crippen LogP contribution in [0.5, 0.6) is 0 Å². The molecule has 0 atom stereocenters. The van der Waals surface area contributed by atoms with Gasteiger partial charge in [0.2, 0.25) is 0 Å². The Hall–Kier alpha value is -2.12. The van der Waals surface area contributed by atoms with E-state index < -0.39 is 0 Å². The van der Waals surface area contributed by atoms with E-state index in [2.05, 4.69) is 37.3 Å². The first-order chi connectivity index (χ1) is 17.6. The van der Waals surface area contributed by atoms with E-state index >= 15 is 0 Å². The van der Waals surface area contributed by atoms with Crippen molar-refractivity contribution in [2.24, 2.45) is 5.92 Å². The Kier molecular flexibility index (Phi) is 10.5. The van der Waals surface area contributed by atoms with Crippen LogP contribution in [0.1, 0.15) is 98.4 Å². The average molecular weight is 505 g/mol. The minimum atomic E-state index is -0.0565. The SMILES string of the molecule is CCCCCCc1ccc([C@H]2CC[C@H](CCc3ccc(CCc4ccc(Cl)cc4)c(F)c3)CC2)cc1. The van der Waals surface area contributed by atoms with Gasteiger partial charge in [-0.15, -0.1) is 0 Å². The molecule has 0 spiro atoms. The van der Waals surface area contributed by atoms with Gasteiger partial charge in [0.1, 0.15) is 5.82 Å². The molecule has 0 aromatic heterocycles. The predicted octanol–water partition coefficient (Wildman–Crippen LogP) is 10.3. The van der Waals surface area contributed by atoms with Gasteiger partial charge in [0.05, 0.1) is 0 Å². The standard InChI is InChI=1S/C34H42ClF/c1-2-3-4-5-6-26-9-17-30(18-10-26)31-19-11-27(12-20-31)7-8-29-14-22-32(34(36)25-29)21-13-28-15-23-33(35)24-16-28/h9-10,14-18,22-25,27,31H,2-8,11-13,19-21H2,1H3/t27-,31-. The Balaban J connectivity index is 1.18. The smallest absolute Gasteiger partial charge is 0.126 e. The highest BCUT2D eigenvalue weighted by Gasteiger charge is 2.22. The lowest BCUT2D eigenvalue weighted by Gasteiger charge is -2.29. The highest BCUT2D eigenvalue weighted by Crippen LogP contribution is 2.37.